The molecule has 0 radical (unpaired) electrons. The molecule has 1 aromatic rings. The number of hydroxylamine groups is 2. The molecule has 2 amide bonds. The normalized spacial score (nSPS) is 12.2. The molecule has 0 aliphatic carbocycles. The molecular formula is C13H19NO3. The number of nitrogens with zero attached hydrogens (tertiary/aromatic N) is 1. The van der Waals surface area contributed by atoms with Crippen molar-refractivity contribution in [1.82, 2.24) is 5.06 Å². The summed E-state index contributed by atoms with van der Waals surface area (Å²) in [5, 5.41) is 9.05. The van der Waals surface area contributed by atoms with Gasteiger partial charge in [0.2, 0.25) is 0 Å². The lowest BCUT2D eigenvalue weighted by Gasteiger charge is -1.99. The smallest absolute Gasteiger partial charge is 0.278 e. The van der Waals surface area contributed by atoms with E-state index in [0.717, 1.165) is 0 Å². The molecule has 0 spiro atoms. The standard InChI is InChI=1S/C8H5NO3.C3H8.C2H6/c10-7-5-3-1-2-4-6(5)8(11)9(7)12;1-3-2;1-2/h1-4,12H;3H2,1-2H3;1-2H3. The Morgan fingerprint density at radius 1 is 1.00 bits per heavy atom. The number of carbonyl (C=O) groups excluding carboxylic acids is 2. The fraction of sp³-hybridized carbons (Fsp3) is 0.385. The second-order valence-electron chi connectivity index (χ2n) is 3.17. The summed E-state index contributed by atoms with van der Waals surface area (Å²) in [5.74, 6) is -1.31. The van der Waals surface area contributed by atoms with Crippen LogP contribution in [0.25, 0.3) is 0 Å². The summed E-state index contributed by atoms with van der Waals surface area (Å²) in [6, 6.07) is 6.30. The topological polar surface area (TPSA) is 57.6 Å². The van der Waals surface area contributed by atoms with Crippen LogP contribution in [0.3, 0.4) is 0 Å². The maximum absolute atomic E-state index is 11.1. The van der Waals surface area contributed by atoms with Crippen molar-refractivity contribution in [1.29, 1.82) is 0 Å². The SMILES string of the molecule is CC.CCC.O=C1c2ccccc2C(=O)N1O. The summed E-state index contributed by atoms with van der Waals surface area (Å²) >= 11 is 0. The number of benzene rings is 1. The van der Waals surface area contributed by atoms with Crippen molar-refractivity contribution in [3.8, 4) is 0 Å². The highest BCUT2D eigenvalue weighted by molar-refractivity contribution is 6.20. The van der Waals surface area contributed by atoms with Gasteiger partial charge in [0, 0.05) is 0 Å². The van der Waals surface area contributed by atoms with Crippen molar-refractivity contribution in [2.24, 2.45) is 0 Å². The Bertz CT molecular complexity index is 353. The van der Waals surface area contributed by atoms with E-state index < -0.39 is 11.8 Å². The molecule has 17 heavy (non-hydrogen) atoms. The van der Waals surface area contributed by atoms with E-state index in [4.69, 9.17) is 5.21 Å². The highest BCUT2D eigenvalue weighted by atomic mass is 16.5. The van der Waals surface area contributed by atoms with Crippen LogP contribution in [0, 0.1) is 0 Å². The Hall–Kier alpha value is -1.68. The lowest BCUT2D eigenvalue weighted by molar-refractivity contribution is -0.0327. The van der Waals surface area contributed by atoms with Gasteiger partial charge in [0.15, 0.2) is 0 Å². The molecule has 1 heterocycles. The van der Waals surface area contributed by atoms with Crippen LogP contribution in [0.1, 0.15) is 54.8 Å². The van der Waals surface area contributed by atoms with E-state index in [1.54, 1.807) is 12.1 Å². The van der Waals surface area contributed by atoms with E-state index in [0.29, 0.717) is 0 Å². The van der Waals surface area contributed by atoms with Crippen molar-refractivity contribution < 1.29 is 14.8 Å². The van der Waals surface area contributed by atoms with E-state index in [-0.39, 0.29) is 16.2 Å². The Morgan fingerprint density at radius 2 is 1.29 bits per heavy atom. The summed E-state index contributed by atoms with van der Waals surface area (Å²) < 4.78 is 0. The van der Waals surface area contributed by atoms with Gasteiger partial charge in [-0.1, -0.05) is 46.2 Å². The van der Waals surface area contributed by atoms with Crippen LogP contribution in [0.5, 0.6) is 0 Å². The molecule has 1 aliphatic rings. The van der Waals surface area contributed by atoms with Gasteiger partial charge in [-0.05, 0) is 12.1 Å². The first-order chi connectivity index (χ1) is 8.13. The summed E-state index contributed by atoms with van der Waals surface area (Å²) in [4.78, 5) is 22.1. The average molecular weight is 237 g/mol. The molecule has 1 aliphatic heterocycles. The summed E-state index contributed by atoms with van der Waals surface area (Å²) in [6.07, 6.45) is 1.25. The van der Waals surface area contributed by atoms with Gasteiger partial charge in [0.25, 0.3) is 11.8 Å². The number of hydrogen-bond donors (Lipinski definition) is 1. The van der Waals surface area contributed by atoms with Crippen LogP contribution in [0.4, 0.5) is 0 Å². The Balaban J connectivity index is 0.000000450. The number of imide groups is 1. The number of rotatable bonds is 0. The maximum Gasteiger partial charge on any atom is 0.285 e. The van der Waals surface area contributed by atoms with Gasteiger partial charge in [-0.3, -0.25) is 14.8 Å². The fourth-order valence-corrected chi connectivity index (χ4v) is 1.18. The number of carbonyl (C=O) groups is 2. The van der Waals surface area contributed by atoms with Gasteiger partial charge in [0.1, 0.15) is 0 Å². The molecule has 4 nitrogen and oxygen atoms in total. The number of fused-ring (bicyclic) bond motifs is 1. The third kappa shape index (κ3) is 3.39. The van der Waals surface area contributed by atoms with Gasteiger partial charge in [-0.2, -0.15) is 0 Å². The first kappa shape index (κ1) is 15.3. The predicted molar refractivity (Wildman–Crippen MR) is 66.0 cm³/mol. The zero-order valence-corrected chi connectivity index (χ0v) is 10.7. The van der Waals surface area contributed by atoms with E-state index in [9.17, 15) is 9.59 Å². The highest BCUT2D eigenvalue weighted by Gasteiger charge is 2.33. The molecule has 2 rings (SSSR count). The second-order valence-corrected chi connectivity index (χ2v) is 3.17. The summed E-state index contributed by atoms with van der Waals surface area (Å²) in [5.41, 5.74) is 0.509. The molecule has 1 N–H and O–H groups in total. The Morgan fingerprint density at radius 3 is 1.59 bits per heavy atom. The first-order valence-corrected chi connectivity index (χ1v) is 5.80. The third-order valence-corrected chi connectivity index (χ3v) is 1.77. The van der Waals surface area contributed by atoms with E-state index in [1.807, 2.05) is 13.8 Å². The minimum atomic E-state index is -0.657. The van der Waals surface area contributed by atoms with Crippen LogP contribution < -0.4 is 0 Å². The van der Waals surface area contributed by atoms with Gasteiger partial charge >= 0.3 is 0 Å². The van der Waals surface area contributed by atoms with Gasteiger partial charge in [-0.15, -0.1) is 5.06 Å². The molecule has 0 aromatic heterocycles. The number of amides is 2. The zero-order chi connectivity index (χ0) is 13.4. The lowest BCUT2D eigenvalue weighted by atomic mass is 10.1. The van der Waals surface area contributed by atoms with Crippen LogP contribution in [0.15, 0.2) is 24.3 Å². The van der Waals surface area contributed by atoms with Crippen molar-refractivity contribution in [2.75, 3.05) is 0 Å². The van der Waals surface area contributed by atoms with Crippen molar-refractivity contribution in [3.63, 3.8) is 0 Å². The van der Waals surface area contributed by atoms with Crippen molar-refractivity contribution in [2.45, 2.75) is 34.1 Å². The quantitative estimate of drug-likeness (QED) is 0.557. The molecule has 1 aromatic carbocycles. The molecule has 0 saturated carbocycles. The summed E-state index contributed by atoms with van der Waals surface area (Å²) in [6.45, 7) is 8.25. The minimum absolute atomic E-state index is 0.130. The highest BCUT2D eigenvalue weighted by Crippen LogP contribution is 2.19. The fourth-order valence-electron chi connectivity index (χ4n) is 1.18. The van der Waals surface area contributed by atoms with Crippen LogP contribution >= 0.6 is 0 Å². The minimum Gasteiger partial charge on any atom is -0.278 e. The van der Waals surface area contributed by atoms with Crippen molar-refractivity contribution >= 4 is 11.8 Å². The van der Waals surface area contributed by atoms with Crippen LogP contribution in [-0.4, -0.2) is 22.1 Å². The molecule has 0 atom stereocenters. The predicted octanol–water partition coefficient (Wildman–Crippen LogP) is 3.11. The van der Waals surface area contributed by atoms with E-state index >= 15 is 0 Å². The average Bonchev–Trinajstić information content (AvgIpc) is 2.59. The molecule has 0 fully saturated rings. The molecule has 94 valence electrons. The molecular weight excluding hydrogens is 218 g/mol. The van der Waals surface area contributed by atoms with Crippen molar-refractivity contribution in [3.05, 3.63) is 35.4 Å². The van der Waals surface area contributed by atoms with Gasteiger partial charge in [0.05, 0.1) is 11.1 Å². The largest absolute Gasteiger partial charge is 0.285 e. The monoisotopic (exact) mass is 237 g/mol. The van der Waals surface area contributed by atoms with Gasteiger partial charge < -0.3 is 0 Å². The third-order valence-electron chi connectivity index (χ3n) is 1.77. The Labute approximate surface area is 102 Å². The lowest BCUT2D eigenvalue weighted by Crippen LogP contribution is -2.25. The zero-order valence-electron chi connectivity index (χ0n) is 10.7. The Kier molecular flexibility index (Phi) is 6.82. The number of hydrogen-bond acceptors (Lipinski definition) is 3. The molecule has 4 heteroatoms. The molecule has 0 bridgehead atoms. The molecule has 0 saturated heterocycles. The van der Waals surface area contributed by atoms with Crippen LogP contribution in [0.2, 0.25) is 0 Å². The van der Waals surface area contributed by atoms with Gasteiger partial charge in [-0.25, -0.2) is 0 Å². The maximum atomic E-state index is 11.1. The second kappa shape index (κ2) is 7.57. The first-order valence-electron chi connectivity index (χ1n) is 5.80. The van der Waals surface area contributed by atoms with E-state index in [2.05, 4.69) is 13.8 Å². The van der Waals surface area contributed by atoms with E-state index in [1.165, 1.54) is 18.6 Å². The summed E-state index contributed by atoms with van der Waals surface area (Å²) in [7, 11) is 0. The van der Waals surface area contributed by atoms with Crippen LogP contribution in [-0.2, 0) is 0 Å². The molecule has 0 unspecified atom stereocenters.